The zero-order valence-electron chi connectivity index (χ0n) is 16.4. The number of nitrogens with zero attached hydrogens (tertiary/aromatic N) is 5. The number of anilines is 1. The van der Waals surface area contributed by atoms with E-state index >= 15 is 0 Å². The molecule has 13 heteroatoms. The first-order valence-electron chi connectivity index (χ1n) is 8.68. The van der Waals surface area contributed by atoms with Crippen molar-refractivity contribution in [3.8, 4) is 12.0 Å². The summed E-state index contributed by atoms with van der Waals surface area (Å²) in [6.07, 6.45) is -0.154. The maximum absolute atomic E-state index is 13.3. The molecule has 0 radical (unpaired) electrons. The molecule has 0 fully saturated rings. The van der Waals surface area contributed by atoms with Crippen LogP contribution in [-0.4, -0.2) is 26.9 Å². The first kappa shape index (κ1) is 23.7. The van der Waals surface area contributed by atoms with Crippen molar-refractivity contribution in [2.45, 2.75) is 18.0 Å². The van der Waals surface area contributed by atoms with Gasteiger partial charge in [-0.25, -0.2) is 9.67 Å². The monoisotopic (exact) mass is 500 g/mol. The molecule has 0 aliphatic heterocycles. The van der Waals surface area contributed by atoms with E-state index in [9.17, 15) is 18.0 Å². The smallest absolute Gasteiger partial charge is 0.319 e. The van der Waals surface area contributed by atoms with Crippen molar-refractivity contribution in [1.82, 2.24) is 14.8 Å². The van der Waals surface area contributed by atoms with Crippen LogP contribution in [0.1, 0.15) is 21.7 Å². The van der Waals surface area contributed by atoms with Crippen LogP contribution < -0.4 is 5.32 Å². The second kappa shape index (κ2) is 9.28. The van der Waals surface area contributed by atoms with E-state index in [1.54, 1.807) is 25.4 Å². The van der Waals surface area contributed by atoms with Crippen LogP contribution in [0.15, 0.2) is 45.8 Å². The Morgan fingerprint density at radius 1 is 1.31 bits per heavy atom. The van der Waals surface area contributed by atoms with Crippen LogP contribution in [0, 0.1) is 18.4 Å². The molecule has 1 N–H and O–H groups in total. The maximum atomic E-state index is 13.3. The lowest BCUT2D eigenvalue weighted by atomic mass is 10.2. The van der Waals surface area contributed by atoms with Crippen molar-refractivity contribution >= 4 is 45.5 Å². The third-order valence-corrected chi connectivity index (χ3v) is 6.00. The Labute approximate surface area is 192 Å². The molecule has 32 heavy (non-hydrogen) atoms. The van der Waals surface area contributed by atoms with Crippen molar-refractivity contribution in [3.05, 3.63) is 63.5 Å². The predicted molar refractivity (Wildman–Crippen MR) is 115 cm³/mol. The van der Waals surface area contributed by atoms with Gasteiger partial charge in [-0.3, -0.25) is 4.79 Å². The van der Waals surface area contributed by atoms with Gasteiger partial charge in [0.05, 0.1) is 10.7 Å². The summed E-state index contributed by atoms with van der Waals surface area (Å²) in [6, 6.07) is 6.61. The summed E-state index contributed by atoms with van der Waals surface area (Å²) in [5.74, 6) is -1.03. The molecule has 1 unspecified atom stereocenters. The first-order valence-corrected chi connectivity index (χ1v) is 11.0. The number of aryl methyl sites for hydroxylation is 1. The first-order chi connectivity index (χ1) is 15.0. The fraction of sp³-hybridized carbons (Fsp3) is 0.158. The van der Waals surface area contributed by atoms with Crippen LogP contribution >= 0.6 is 23.2 Å². The maximum Gasteiger partial charge on any atom is 0.435 e. The SMILES string of the molecule is Cc1cc(Cl)cc(S(C)=NC#N)c1NC(=O)c1cc(C(F)(F)F)nn1-c1ncccc1Cl. The molecular weight excluding hydrogens is 488 g/mol. The van der Waals surface area contributed by atoms with Gasteiger partial charge in [-0.1, -0.05) is 33.9 Å². The van der Waals surface area contributed by atoms with Gasteiger partial charge in [0.1, 0.15) is 5.69 Å². The third kappa shape index (κ3) is 4.93. The molecule has 0 aliphatic carbocycles. The summed E-state index contributed by atoms with van der Waals surface area (Å²) in [4.78, 5) is 17.5. The number of nitriles is 1. The van der Waals surface area contributed by atoms with E-state index < -0.39 is 34.2 Å². The summed E-state index contributed by atoms with van der Waals surface area (Å²) in [6.45, 7) is 1.66. The van der Waals surface area contributed by atoms with Crippen molar-refractivity contribution in [3.63, 3.8) is 0 Å². The zero-order valence-corrected chi connectivity index (χ0v) is 18.7. The second-order valence-corrected chi connectivity index (χ2v) is 8.77. The molecule has 2 aromatic heterocycles. The molecule has 0 aliphatic rings. The number of aromatic nitrogens is 3. The highest BCUT2D eigenvalue weighted by Gasteiger charge is 2.36. The average Bonchev–Trinajstić information content (AvgIpc) is 3.16. The number of halogens is 5. The lowest BCUT2D eigenvalue weighted by molar-refractivity contribution is -0.141. The standard InChI is InChI=1S/C19H13Cl2F3N6OS/c1-10-6-11(20)7-14(32(2)27-9-25)16(10)28-18(31)13-8-15(19(22,23)24)29-30(13)17-12(21)4-3-5-26-17/h3-8H,1-2H3,(H,28,31). The highest BCUT2D eigenvalue weighted by molar-refractivity contribution is 7.86. The molecule has 2 heterocycles. The fourth-order valence-electron chi connectivity index (χ4n) is 2.77. The Hall–Kier alpha value is -2.94. The van der Waals surface area contributed by atoms with Gasteiger partial charge in [0.25, 0.3) is 5.91 Å². The Morgan fingerprint density at radius 2 is 2.03 bits per heavy atom. The van der Waals surface area contributed by atoms with Gasteiger partial charge in [-0.05, 0) is 43.0 Å². The van der Waals surface area contributed by atoms with E-state index in [0.717, 1.165) is 4.68 Å². The van der Waals surface area contributed by atoms with Gasteiger partial charge < -0.3 is 5.32 Å². The summed E-state index contributed by atoms with van der Waals surface area (Å²) in [5, 5.41) is 15.3. The number of rotatable bonds is 4. The van der Waals surface area contributed by atoms with E-state index in [-0.39, 0.29) is 16.5 Å². The molecule has 0 saturated heterocycles. The van der Waals surface area contributed by atoms with Gasteiger partial charge in [0, 0.05) is 22.2 Å². The molecule has 3 aromatic rings. The Balaban J connectivity index is 2.14. The minimum atomic E-state index is -4.80. The highest BCUT2D eigenvalue weighted by atomic mass is 35.5. The Bertz CT molecular complexity index is 1280. The van der Waals surface area contributed by atoms with Gasteiger partial charge in [-0.2, -0.15) is 23.5 Å². The molecule has 1 atom stereocenters. The normalized spacial score (nSPS) is 12.4. The van der Waals surface area contributed by atoms with Gasteiger partial charge >= 0.3 is 6.18 Å². The number of benzene rings is 1. The van der Waals surface area contributed by atoms with E-state index in [1.165, 1.54) is 24.4 Å². The quantitative estimate of drug-likeness (QED) is 0.483. The Kier molecular flexibility index (Phi) is 6.88. The van der Waals surface area contributed by atoms with E-state index in [2.05, 4.69) is 19.8 Å². The second-order valence-electron chi connectivity index (χ2n) is 6.35. The van der Waals surface area contributed by atoms with Crippen LogP contribution in [0.2, 0.25) is 10.0 Å². The third-order valence-electron chi connectivity index (χ3n) is 4.17. The van der Waals surface area contributed by atoms with E-state index in [4.69, 9.17) is 28.5 Å². The van der Waals surface area contributed by atoms with Crippen molar-refractivity contribution in [1.29, 1.82) is 5.26 Å². The van der Waals surface area contributed by atoms with Gasteiger partial charge in [0.2, 0.25) is 6.19 Å². The fourth-order valence-corrected chi connectivity index (χ4v) is 4.33. The van der Waals surface area contributed by atoms with Crippen molar-refractivity contribution < 1.29 is 18.0 Å². The van der Waals surface area contributed by atoms with E-state index in [0.29, 0.717) is 21.5 Å². The summed E-state index contributed by atoms with van der Waals surface area (Å²) in [5.41, 5.74) is -0.914. The topological polar surface area (TPSA) is 96.0 Å². The molecule has 166 valence electrons. The molecule has 0 spiro atoms. The number of hydrogen-bond donors (Lipinski definition) is 1. The number of pyridine rings is 1. The van der Waals surface area contributed by atoms with Gasteiger partial charge in [-0.15, -0.1) is 4.36 Å². The molecule has 1 amide bonds. The minimum absolute atomic E-state index is 0.00432. The van der Waals surface area contributed by atoms with Crippen LogP contribution in [0.25, 0.3) is 5.82 Å². The summed E-state index contributed by atoms with van der Waals surface area (Å²) >= 11 is 12.2. The summed E-state index contributed by atoms with van der Waals surface area (Å²) < 4.78 is 44.5. The number of carbonyl (C=O) groups is 1. The van der Waals surface area contributed by atoms with Crippen LogP contribution in [-0.2, 0) is 16.9 Å². The van der Waals surface area contributed by atoms with Crippen LogP contribution in [0.4, 0.5) is 18.9 Å². The lowest BCUT2D eigenvalue weighted by Gasteiger charge is -2.15. The van der Waals surface area contributed by atoms with Gasteiger partial charge in [0.15, 0.2) is 11.5 Å². The van der Waals surface area contributed by atoms with Crippen molar-refractivity contribution in [2.75, 3.05) is 11.6 Å². The molecule has 0 bridgehead atoms. The number of nitrogens with one attached hydrogen (secondary N) is 1. The molecule has 7 nitrogen and oxygen atoms in total. The molecular formula is C19H13Cl2F3N6OS. The largest absolute Gasteiger partial charge is 0.435 e. The molecule has 0 saturated carbocycles. The Morgan fingerprint density at radius 3 is 2.66 bits per heavy atom. The van der Waals surface area contributed by atoms with Crippen molar-refractivity contribution in [2.24, 2.45) is 4.36 Å². The zero-order chi connectivity index (χ0) is 23.6. The molecule has 3 rings (SSSR count). The number of hydrogen-bond acceptors (Lipinski definition) is 5. The van der Waals surface area contributed by atoms with E-state index in [1.807, 2.05) is 0 Å². The number of alkyl halides is 3. The average molecular weight is 501 g/mol. The van der Waals surface area contributed by atoms with Crippen LogP contribution in [0.5, 0.6) is 0 Å². The summed E-state index contributed by atoms with van der Waals surface area (Å²) in [7, 11) is -0.963. The number of carbonyl (C=O) groups excluding carboxylic acids is 1. The lowest BCUT2D eigenvalue weighted by Crippen LogP contribution is -2.19. The predicted octanol–water partition coefficient (Wildman–Crippen LogP) is 5.43. The molecule has 1 aromatic carbocycles. The minimum Gasteiger partial charge on any atom is -0.319 e. The van der Waals surface area contributed by atoms with Crippen LogP contribution in [0.3, 0.4) is 0 Å². The number of amides is 1. The highest BCUT2D eigenvalue weighted by Crippen LogP contribution is 2.32.